The van der Waals surface area contributed by atoms with Crippen LogP contribution in [-0.4, -0.2) is 30.2 Å². The molecule has 1 aromatic carbocycles. The van der Waals surface area contributed by atoms with E-state index in [0.29, 0.717) is 33.3 Å². The summed E-state index contributed by atoms with van der Waals surface area (Å²) >= 11 is 1.26. The van der Waals surface area contributed by atoms with Crippen LogP contribution in [0.25, 0.3) is 22.6 Å². The van der Waals surface area contributed by atoms with Gasteiger partial charge in [0.15, 0.2) is 5.76 Å². The quantitative estimate of drug-likeness (QED) is 0.357. The molecule has 32 heavy (non-hydrogen) atoms. The number of carbonyl (C=O) groups is 2. The molecule has 3 heterocycles. The lowest BCUT2D eigenvalue weighted by atomic mass is 10.0. The number of anilines is 1. The Kier molecular flexibility index (Phi) is 6.78. The first-order chi connectivity index (χ1) is 15.7. The third-order valence-electron chi connectivity index (χ3n) is 4.41. The van der Waals surface area contributed by atoms with Crippen molar-refractivity contribution in [3.63, 3.8) is 0 Å². The van der Waals surface area contributed by atoms with E-state index in [4.69, 9.17) is 18.4 Å². The standard InChI is InChI=1S/C23H20N2O6S/c1-2-29-23(27)21-17(15-7-4-3-5-8-15)14-32-22(21)24-20(26)13-28-12-16-11-19(31-25-16)18-9-6-10-30-18/h3-11,14H,2,12-13H2,1H3,(H,24,26). The first-order valence-electron chi connectivity index (χ1n) is 9.86. The van der Waals surface area contributed by atoms with E-state index in [9.17, 15) is 9.59 Å². The van der Waals surface area contributed by atoms with Gasteiger partial charge in [-0.25, -0.2) is 4.79 Å². The van der Waals surface area contributed by atoms with E-state index in [1.165, 1.54) is 17.6 Å². The van der Waals surface area contributed by atoms with Crippen LogP contribution in [0.1, 0.15) is 23.0 Å². The third-order valence-corrected chi connectivity index (χ3v) is 5.31. The van der Waals surface area contributed by atoms with E-state index >= 15 is 0 Å². The highest BCUT2D eigenvalue weighted by Gasteiger charge is 2.22. The molecular weight excluding hydrogens is 432 g/mol. The van der Waals surface area contributed by atoms with Crippen LogP contribution < -0.4 is 5.32 Å². The summed E-state index contributed by atoms with van der Waals surface area (Å²) in [5, 5.41) is 8.88. The van der Waals surface area contributed by atoms with Gasteiger partial charge in [-0.3, -0.25) is 4.79 Å². The van der Waals surface area contributed by atoms with Gasteiger partial charge in [0, 0.05) is 17.0 Å². The number of thiophene rings is 1. The maximum atomic E-state index is 12.6. The Morgan fingerprint density at radius 2 is 1.97 bits per heavy atom. The molecule has 164 valence electrons. The molecule has 0 atom stereocenters. The Balaban J connectivity index is 1.39. The molecule has 0 bridgehead atoms. The van der Waals surface area contributed by atoms with Crippen molar-refractivity contribution in [3.8, 4) is 22.6 Å². The SMILES string of the molecule is CCOC(=O)c1c(-c2ccccc2)csc1NC(=O)COCc1cc(-c2ccco2)on1. The summed E-state index contributed by atoms with van der Waals surface area (Å²) < 4.78 is 21.1. The number of nitrogens with one attached hydrogen (secondary N) is 1. The van der Waals surface area contributed by atoms with Crippen molar-refractivity contribution in [1.29, 1.82) is 0 Å². The molecule has 0 aliphatic carbocycles. The van der Waals surface area contributed by atoms with Crippen molar-refractivity contribution < 1.29 is 28.0 Å². The zero-order valence-corrected chi connectivity index (χ0v) is 18.0. The normalized spacial score (nSPS) is 10.8. The fourth-order valence-corrected chi connectivity index (χ4v) is 3.99. The Morgan fingerprint density at radius 3 is 2.72 bits per heavy atom. The summed E-state index contributed by atoms with van der Waals surface area (Å²) in [6.45, 7) is 1.84. The molecule has 0 saturated heterocycles. The number of rotatable bonds is 9. The topological polar surface area (TPSA) is 104 Å². The van der Waals surface area contributed by atoms with E-state index in [0.717, 1.165) is 5.56 Å². The number of hydrogen-bond donors (Lipinski definition) is 1. The second-order valence-corrected chi connectivity index (χ2v) is 7.52. The lowest BCUT2D eigenvalue weighted by molar-refractivity contribution is -0.121. The minimum Gasteiger partial charge on any atom is -0.462 e. The van der Waals surface area contributed by atoms with Gasteiger partial charge in [-0.15, -0.1) is 11.3 Å². The second-order valence-electron chi connectivity index (χ2n) is 6.64. The molecule has 0 aliphatic heterocycles. The zero-order chi connectivity index (χ0) is 22.3. The average molecular weight is 452 g/mol. The fraction of sp³-hybridized carbons (Fsp3) is 0.174. The maximum absolute atomic E-state index is 12.6. The first kappa shape index (κ1) is 21.5. The van der Waals surface area contributed by atoms with Crippen molar-refractivity contribution in [2.24, 2.45) is 0 Å². The molecule has 0 unspecified atom stereocenters. The Morgan fingerprint density at radius 1 is 1.12 bits per heavy atom. The van der Waals surface area contributed by atoms with Crippen molar-refractivity contribution in [2.75, 3.05) is 18.5 Å². The minimum atomic E-state index is -0.489. The van der Waals surface area contributed by atoms with E-state index in [1.807, 2.05) is 35.7 Å². The van der Waals surface area contributed by atoms with Crippen LogP contribution in [-0.2, 0) is 20.9 Å². The highest BCUT2D eigenvalue weighted by atomic mass is 32.1. The van der Waals surface area contributed by atoms with Gasteiger partial charge in [0.05, 0.1) is 19.5 Å². The van der Waals surface area contributed by atoms with Crippen molar-refractivity contribution >= 4 is 28.2 Å². The van der Waals surface area contributed by atoms with Crippen molar-refractivity contribution in [1.82, 2.24) is 5.16 Å². The van der Waals surface area contributed by atoms with Gasteiger partial charge < -0.3 is 23.7 Å². The number of carbonyl (C=O) groups excluding carboxylic acids is 2. The second kappa shape index (κ2) is 10.1. The highest BCUT2D eigenvalue weighted by Crippen LogP contribution is 2.36. The lowest BCUT2D eigenvalue weighted by Gasteiger charge is -2.09. The predicted molar refractivity (Wildman–Crippen MR) is 118 cm³/mol. The summed E-state index contributed by atoms with van der Waals surface area (Å²) in [5.74, 6) is 0.146. The monoisotopic (exact) mass is 452 g/mol. The number of ether oxygens (including phenoxy) is 2. The number of hydrogen-bond acceptors (Lipinski definition) is 8. The number of benzene rings is 1. The van der Waals surface area contributed by atoms with Crippen LogP contribution >= 0.6 is 11.3 Å². The number of furan rings is 1. The van der Waals surface area contributed by atoms with Gasteiger partial charge >= 0.3 is 5.97 Å². The largest absolute Gasteiger partial charge is 0.462 e. The number of esters is 1. The summed E-state index contributed by atoms with van der Waals surface area (Å²) in [6.07, 6.45) is 1.54. The molecule has 1 amide bonds. The molecule has 0 aliphatic rings. The molecule has 4 aromatic rings. The van der Waals surface area contributed by atoms with Gasteiger partial charge in [-0.1, -0.05) is 35.5 Å². The summed E-state index contributed by atoms with van der Waals surface area (Å²) in [7, 11) is 0. The van der Waals surface area contributed by atoms with E-state index in [-0.39, 0.29) is 19.8 Å². The van der Waals surface area contributed by atoms with Crippen LogP contribution in [0, 0.1) is 0 Å². The van der Waals surface area contributed by atoms with Gasteiger partial charge in [0.1, 0.15) is 22.9 Å². The molecule has 0 spiro atoms. The Labute approximate surface area is 187 Å². The van der Waals surface area contributed by atoms with Crippen molar-refractivity contribution in [2.45, 2.75) is 13.5 Å². The molecule has 0 radical (unpaired) electrons. The summed E-state index contributed by atoms with van der Waals surface area (Å²) in [5.41, 5.74) is 2.43. The average Bonchev–Trinajstić information content (AvgIpc) is 3.55. The van der Waals surface area contributed by atoms with Gasteiger partial charge in [-0.2, -0.15) is 0 Å². The predicted octanol–water partition coefficient (Wildman–Crippen LogP) is 5.00. The fourth-order valence-electron chi connectivity index (χ4n) is 3.01. The highest BCUT2D eigenvalue weighted by molar-refractivity contribution is 7.15. The number of aromatic nitrogens is 1. The molecule has 0 fully saturated rings. The van der Waals surface area contributed by atoms with Gasteiger partial charge in [0.25, 0.3) is 5.91 Å². The van der Waals surface area contributed by atoms with E-state index in [1.54, 1.807) is 25.1 Å². The van der Waals surface area contributed by atoms with Gasteiger partial charge in [-0.05, 0) is 24.6 Å². The zero-order valence-electron chi connectivity index (χ0n) is 17.2. The Hall–Kier alpha value is -3.69. The molecule has 8 nitrogen and oxygen atoms in total. The van der Waals surface area contributed by atoms with Crippen LogP contribution in [0.3, 0.4) is 0 Å². The molecule has 9 heteroatoms. The number of amides is 1. The smallest absolute Gasteiger partial charge is 0.341 e. The molecule has 0 saturated carbocycles. The summed E-state index contributed by atoms with van der Waals surface area (Å²) in [4.78, 5) is 25.0. The molecule has 3 aromatic heterocycles. The van der Waals surface area contributed by atoms with E-state index in [2.05, 4.69) is 10.5 Å². The minimum absolute atomic E-state index is 0.0854. The van der Waals surface area contributed by atoms with Crippen LogP contribution in [0.2, 0.25) is 0 Å². The molecule has 4 rings (SSSR count). The maximum Gasteiger partial charge on any atom is 0.341 e. The van der Waals surface area contributed by atoms with Crippen LogP contribution in [0.5, 0.6) is 0 Å². The van der Waals surface area contributed by atoms with Crippen LogP contribution in [0.4, 0.5) is 5.00 Å². The number of nitrogens with zero attached hydrogens (tertiary/aromatic N) is 1. The first-order valence-corrected chi connectivity index (χ1v) is 10.7. The van der Waals surface area contributed by atoms with Crippen molar-refractivity contribution in [3.05, 3.63) is 71.4 Å². The third kappa shape index (κ3) is 4.96. The van der Waals surface area contributed by atoms with Gasteiger partial charge in [0.2, 0.25) is 5.76 Å². The summed E-state index contributed by atoms with van der Waals surface area (Å²) in [6, 6.07) is 14.6. The Bertz CT molecular complexity index is 1180. The molecule has 1 N–H and O–H groups in total. The van der Waals surface area contributed by atoms with E-state index < -0.39 is 11.9 Å². The molecular formula is C23H20N2O6S. The van der Waals surface area contributed by atoms with Crippen LogP contribution in [0.15, 0.2) is 69.1 Å². The lowest BCUT2D eigenvalue weighted by Crippen LogP contribution is -2.19.